The standard InChI is InChI=1S/C21H32N4O2/c1-15(2)9-8-10-16(3)24-21(22)23-13-6-7-14-25-19(26)17-11-4-5-12-18(17)20(25)27/h4-5,11-12,15-16H,6-10,13-14H2,1-3H3,(H3,22,23,24). The zero-order valence-electron chi connectivity index (χ0n) is 16.7. The molecule has 6 nitrogen and oxygen atoms in total. The minimum atomic E-state index is -0.199. The molecular weight excluding hydrogens is 340 g/mol. The Morgan fingerprint density at radius 2 is 1.67 bits per heavy atom. The van der Waals surface area contributed by atoms with Crippen molar-refractivity contribution in [3.05, 3.63) is 35.4 Å². The lowest BCUT2D eigenvalue weighted by atomic mass is 10.0. The normalized spacial score (nSPS) is 15.4. The molecule has 1 aromatic rings. The van der Waals surface area contributed by atoms with E-state index in [2.05, 4.69) is 31.1 Å². The van der Waals surface area contributed by atoms with E-state index >= 15 is 0 Å². The maximum Gasteiger partial charge on any atom is 0.261 e. The van der Waals surface area contributed by atoms with E-state index in [1.807, 2.05) is 0 Å². The lowest BCUT2D eigenvalue weighted by Gasteiger charge is -2.15. The second-order valence-electron chi connectivity index (χ2n) is 7.65. The van der Waals surface area contributed by atoms with E-state index in [-0.39, 0.29) is 11.8 Å². The number of aliphatic imine (C=N–C) groups is 1. The van der Waals surface area contributed by atoms with Gasteiger partial charge in [-0.1, -0.05) is 38.8 Å². The Morgan fingerprint density at radius 1 is 1.04 bits per heavy atom. The zero-order chi connectivity index (χ0) is 19.8. The second kappa shape index (κ2) is 10.1. The molecule has 2 rings (SSSR count). The van der Waals surface area contributed by atoms with Crippen molar-refractivity contribution in [1.29, 1.82) is 0 Å². The summed E-state index contributed by atoms with van der Waals surface area (Å²) in [5.41, 5.74) is 6.93. The maximum absolute atomic E-state index is 12.3. The van der Waals surface area contributed by atoms with E-state index in [9.17, 15) is 9.59 Å². The minimum Gasteiger partial charge on any atom is -0.370 e. The summed E-state index contributed by atoms with van der Waals surface area (Å²) >= 11 is 0. The van der Waals surface area contributed by atoms with Crippen LogP contribution in [-0.2, 0) is 0 Å². The molecule has 0 saturated heterocycles. The van der Waals surface area contributed by atoms with Crippen molar-refractivity contribution in [2.75, 3.05) is 13.1 Å². The second-order valence-corrected chi connectivity index (χ2v) is 7.65. The smallest absolute Gasteiger partial charge is 0.261 e. The molecule has 0 saturated carbocycles. The monoisotopic (exact) mass is 372 g/mol. The van der Waals surface area contributed by atoms with Crippen molar-refractivity contribution in [2.45, 2.75) is 58.9 Å². The third-order valence-corrected chi connectivity index (χ3v) is 4.76. The highest BCUT2D eigenvalue weighted by atomic mass is 16.2. The van der Waals surface area contributed by atoms with Crippen LogP contribution in [0.25, 0.3) is 0 Å². The lowest BCUT2D eigenvalue weighted by Crippen LogP contribution is -2.38. The number of benzene rings is 1. The molecule has 1 aromatic carbocycles. The van der Waals surface area contributed by atoms with Gasteiger partial charge in [-0.3, -0.25) is 19.5 Å². The third-order valence-electron chi connectivity index (χ3n) is 4.76. The predicted molar refractivity (Wildman–Crippen MR) is 109 cm³/mol. The molecule has 3 N–H and O–H groups in total. The molecule has 1 heterocycles. The highest BCUT2D eigenvalue weighted by Crippen LogP contribution is 2.22. The van der Waals surface area contributed by atoms with Crippen LogP contribution in [0.15, 0.2) is 29.3 Å². The van der Waals surface area contributed by atoms with E-state index in [4.69, 9.17) is 5.73 Å². The van der Waals surface area contributed by atoms with Gasteiger partial charge in [-0.15, -0.1) is 0 Å². The van der Waals surface area contributed by atoms with Gasteiger partial charge in [0.15, 0.2) is 5.96 Å². The van der Waals surface area contributed by atoms with Crippen LogP contribution in [-0.4, -0.2) is 41.8 Å². The molecule has 0 spiro atoms. The topological polar surface area (TPSA) is 87.8 Å². The number of guanidine groups is 1. The summed E-state index contributed by atoms with van der Waals surface area (Å²) in [7, 11) is 0. The van der Waals surface area contributed by atoms with Crippen LogP contribution >= 0.6 is 0 Å². The molecular formula is C21H32N4O2. The van der Waals surface area contributed by atoms with Crippen molar-refractivity contribution < 1.29 is 9.59 Å². The molecule has 6 heteroatoms. The quantitative estimate of drug-likeness (QED) is 0.286. The molecule has 1 aliphatic rings. The largest absolute Gasteiger partial charge is 0.370 e. The highest BCUT2D eigenvalue weighted by molar-refractivity contribution is 6.21. The summed E-state index contributed by atoms with van der Waals surface area (Å²) in [5.74, 6) is 0.796. The SMILES string of the molecule is CC(C)CCCC(C)NC(N)=NCCCCN1C(=O)c2ccccc2C1=O. The van der Waals surface area contributed by atoms with E-state index in [1.165, 1.54) is 17.7 Å². The van der Waals surface area contributed by atoms with Gasteiger partial charge in [0, 0.05) is 19.1 Å². The number of unbranched alkanes of at least 4 members (excludes halogenated alkanes) is 1. The first-order valence-corrected chi connectivity index (χ1v) is 9.91. The van der Waals surface area contributed by atoms with Crippen molar-refractivity contribution in [3.8, 4) is 0 Å². The molecule has 0 aromatic heterocycles. The summed E-state index contributed by atoms with van der Waals surface area (Å²) in [6.07, 6.45) is 4.97. The Balaban J connectivity index is 1.66. The summed E-state index contributed by atoms with van der Waals surface area (Å²) in [6.45, 7) is 7.58. The van der Waals surface area contributed by atoms with Crippen molar-refractivity contribution in [3.63, 3.8) is 0 Å². The van der Waals surface area contributed by atoms with Gasteiger partial charge in [0.1, 0.15) is 0 Å². The first kappa shape index (κ1) is 20.9. The highest BCUT2D eigenvalue weighted by Gasteiger charge is 2.34. The number of hydrogen-bond acceptors (Lipinski definition) is 3. The van der Waals surface area contributed by atoms with Crippen LogP contribution in [0.4, 0.5) is 0 Å². The van der Waals surface area contributed by atoms with Gasteiger partial charge in [-0.05, 0) is 44.2 Å². The average Bonchev–Trinajstić information content (AvgIpc) is 2.86. The molecule has 1 aliphatic heterocycles. The van der Waals surface area contributed by atoms with Crippen LogP contribution in [0.1, 0.15) is 73.6 Å². The Hall–Kier alpha value is -2.37. The summed E-state index contributed by atoms with van der Waals surface area (Å²) in [5, 5.41) is 3.22. The van der Waals surface area contributed by atoms with E-state index in [0.717, 1.165) is 18.8 Å². The van der Waals surface area contributed by atoms with Gasteiger partial charge in [-0.2, -0.15) is 0 Å². The summed E-state index contributed by atoms with van der Waals surface area (Å²) < 4.78 is 0. The number of fused-ring (bicyclic) bond motifs is 1. The fraction of sp³-hybridized carbons (Fsp3) is 0.571. The van der Waals surface area contributed by atoms with Gasteiger partial charge in [0.05, 0.1) is 11.1 Å². The van der Waals surface area contributed by atoms with Gasteiger partial charge in [0.25, 0.3) is 11.8 Å². The summed E-state index contributed by atoms with van der Waals surface area (Å²) in [6, 6.07) is 7.28. The average molecular weight is 373 g/mol. The number of rotatable bonds is 10. The number of nitrogens with two attached hydrogens (primary N) is 1. The molecule has 2 amide bonds. The van der Waals surface area contributed by atoms with Crippen LogP contribution in [0.2, 0.25) is 0 Å². The number of nitrogens with zero attached hydrogens (tertiary/aromatic N) is 2. The fourth-order valence-corrected chi connectivity index (χ4v) is 3.23. The van der Waals surface area contributed by atoms with Gasteiger partial charge in [0.2, 0.25) is 0 Å². The van der Waals surface area contributed by atoms with Crippen LogP contribution in [0, 0.1) is 5.92 Å². The fourth-order valence-electron chi connectivity index (χ4n) is 3.23. The van der Waals surface area contributed by atoms with Crippen molar-refractivity contribution in [1.82, 2.24) is 10.2 Å². The lowest BCUT2D eigenvalue weighted by molar-refractivity contribution is 0.0652. The third kappa shape index (κ3) is 6.08. The number of carbonyl (C=O) groups excluding carboxylic acids is 2. The molecule has 0 fully saturated rings. The Bertz CT molecular complexity index is 650. The molecule has 1 atom stereocenters. The van der Waals surface area contributed by atoms with Gasteiger partial charge in [-0.25, -0.2) is 0 Å². The Morgan fingerprint density at radius 3 is 2.26 bits per heavy atom. The minimum absolute atomic E-state index is 0.199. The number of nitrogens with one attached hydrogen (secondary N) is 1. The van der Waals surface area contributed by atoms with Crippen LogP contribution in [0.3, 0.4) is 0 Å². The number of hydrogen-bond donors (Lipinski definition) is 2. The number of imide groups is 1. The molecule has 27 heavy (non-hydrogen) atoms. The molecule has 0 bridgehead atoms. The van der Waals surface area contributed by atoms with Crippen LogP contribution < -0.4 is 11.1 Å². The summed E-state index contributed by atoms with van der Waals surface area (Å²) in [4.78, 5) is 30.2. The molecule has 148 valence electrons. The maximum atomic E-state index is 12.3. The molecule has 1 unspecified atom stereocenters. The predicted octanol–water partition coefficient (Wildman–Crippen LogP) is 3.18. The van der Waals surface area contributed by atoms with Crippen molar-refractivity contribution in [2.24, 2.45) is 16.6 Å². The number of amides is 2. The zero-order valence-corrected chi connectivity index (χ0v) is 16.7. The first-order valence-electron chi connectivity index (χ1n) is 9.91. The van der Waals surface area contributed by atoms with Gasteiger partial charge < -0.3 is 11.1 Å². The van der Waals surface area contributed by atoms with E-state index in [0.29, 0.717) is 42.6 Å². The van der Waals surface area contributed by atoms with E-state index < -0.39 is 0 Å². The molecule has 0 radical (unpaired) electrons. The molecule has 0 aliphatic carbocycles. The van der Waals surface area contributed by atoms with Crippen LogP contribution in [0.5, 0.6) is 0 Å². The van der Waals surface area contributed by atoms with Gasteiger partial charge >= 0.3 is 0 Å². The first-order chi connectivity index (χ1) is 12.9. The van der Waals surface area contributed by atoms with Crippen molar-refractivity contribution >= 4 is 17.8 Å². The van der Waals surface area contributed by atoms with E-state index in [1.54, 1.807) is 24.3 Å². The Labute approximate surface area is 162 Å². The Kier molecular flexibility index (Phi) is 7.82. The number of carbonyl (C=O) groups is 2.